The Labute approximate surface area is 126 Å². The third-order valence-corrected chi connectivity index (χ3v) is 3.88. The molecule has 0 radical (unpaired) electrons. The molecule has 0 spiro atoms. The SMILES string of the molecule is CCCn1nnnc1CSc1nc(C)cc(C)c1C(=O)O. The van der Waals surface area contributed by atoms with Gasteiger partial charge in [-0.25, -0.2) is 14.5 Å². The normalized spacial score (nSPS) is 10.8. The first-order valence-corrected chi connectivity index (χ1v) is 7.60. The van der Waals surface area contributed by atoms with E-state index in [-0.39, 0.29) is 5.56 Å². The zero-order valence-corrected chi connectivity index (χ0v) is 13.0. The second-order valence-corrected chi connectivity index (χ2v) is 5.64. The maximum absolute atomic E-state index is 11.4. The number of aromatic nitrogens is 5. The second-order valence-electron chi connectivity index (χ2n) is 4.67. The minimum absolute atomic E-state index is 0.250. The molecule has 0 unspecified atom stereocenters. The molecule has 21 heavy (non-hydrogen) atoms. The monoisotopic (exact) mass is 307 g/mol. The number of thioether (sulfide) groups is 1. The summed E-state index contributed by atoms with van der Waals surface area (Å²) in [5.74, 6) is 0.248. The molecule has 2 aromatic heterocycles. The Hall–Kier alpha value is -1.96. The highest BCUT2D eigenvalue weighted by molar-refractivity contribution is 7.98. The molecule has 0 atom stereocenters. The number of rotatable bonds is 6. The van der Waals surface area contributed by atoms with Crippen LogP contribution < -0.4 is 0 Å². The number of hydrogen-bond acceptors (Lipinski definition) is 6. The Bertz CT molecular complexity index is 656. The number of hydrogen-bond donors (Lipinski definition) is 1. The predicted octanol–water partition coefficient (Wildman–Crippen LogP) is 2.09. The summed E-state index contributed by atoms with van der Waals surface area (Å²) in [7, 11) is 0. The van der Waals surface area contributed by atoms with E-state index in [2.05, 4.69) is 20.5 Å². The van der Waals surface area contributed by atoms with Gasteiger partial charge < -0.3 is 5.11 Å². The van der Waals surface area contributed by atoms with Gasteiger partial charge in [-0.05, 0) is 42.3 Å². The Morgan fingerprint density at radius 3 is 2.86 bits per heavy atom. The molecule has 112 valence electrons. The van der Waals surface area contributed by atoms with Gasteiger partial charge in [-0.2, -0.15) is 0 Å². The van der Waals surface area contributed by atoms with Crippen molar-refractivity contribution in [2.24, 2.45) is 0 Å². The van der Waals surface area contributed by atoms with E-state index in [1.807, 2.05) is 13.8 Å². The van der Waals surface area contributed by atoms with E-state index in [1.54, 1.807) is 17.7 Å². The molecule has 2 aromatic rings. The van der Waals surface area contributed by atoms with Crippen LogP contribution >= 0.6 is 11.8 Å². The van der Waals surface area contributed by atoms with Gasteiger partial charge in [0.2, 0.25) is 0 Å². The van der Waals surface area contributed by atoms with Crippen molar-refractivity contribution >= 4 is 17.7 Å². The molecule has 0 aromatic carbocycles. The maximum Gasteiger partial charge on any atom is 0.338 e. The van der Waals surface area contributed by atoms with Crippen molar-refractivity contribution in [3.05, 3.63) is 28.7 Å². The number of tetrazole rings is 1. The van der Waals surface area contributed by atoms with E-state index in [0.717, 1.165) is 24.5 Å². The number of carboxylic acids is 1. The number of carbonyl (C=O) groups is 1. The molecule has 0 bridgehead atoms. The molecule has 0 aliphatic carbocycles. The zero-order chi connectivity index (χ0) is 15.4. The lowest BCUT2D eigenvalue weighted by Gasteiger charge is -2.09. The fourth-order valence-corrected chi connectivity index (χ4v) is 3.09. The lowest BCUT2D eigenvalue weighted by atomic mass is 10.1. The molecule has 0 saturated heterocycles. The second kappa shape index (κ2) is 6.66. The number of nitrogens with zero attached hydrogens (tertiary/aromatic N) is 5. The van der Waals surface area contributed by atoms with Gasteiger partial charge in [0.05, 0.1) is 11.3 Å². The first-order chi connectivity index (χ1) is 10.0. The molecule has 0 fully saturated rings. The lowest BCUT2D eigenvalue weighted by molar-refractivity contribution is 0.0691. The first kappa shape index (κ1) is 15.4. The fraction of sp³-hybridized carbons (Fsp3) is 0.462. The molecule has 0 saturated carbocycles. The first-order valence-electron chi connectivity index (χ1n) is 6.62. The van der Waals surface area contributed by atoms with Gasteiger partial charge in [0.25, 0.3) is 0 Å². The Morgan fingerprint density at radius 2 is 2.19 bits per heavy atom. The van der Waals surface area contributed by atoms with Crippen LogP contribution in [0.5, 0.6) is 0 Å². The van der Waals surface area contributed by atoms with Crippen molar-refractivity contribution in [2.75, 3.05) is 0 Å². The molecule has 1 N–H and O–H groups in total. The molecular formula is C13H17N5O2S. The molecule has 2 rings (SSSR count). The minimum Gasteiger partial charge on any atom is -0.478 e. The van der Waals surface area contributed by atoms with Crippen LogP contribution in [0.2, 0.25) is 0 Å². The van der Waals surface area contributed by atoms with Gasteiger partial charge >= 0.3 is 5.97 Å². The highest BCUT2D eigenvalue weighted by Crippen LogP contribution is 2.26. The van der Waals surface area contributed by atoms with Crippen LogP contribution in [-0.2, 0) is 12.3 Å². The summed E-state index contributed by atoms with van der Waals surface area (Å²) < 4.78 is 1.73. The molecule has 8 heteroatoms. The molecule has 7 nitrogen and oxygen atoms in total. The molecule has 2 heterocycles. The van der Waals surface area contributed by atoms with Crippen molar-refractivity contribution in [1.29, 1.82) is 0 Å². The van der Waals surface area contributed by atoms with Crippen molar-refractivity contribution in [3.63, 3.8) is 0 Å². The zero-order valence-electron chi connectivity index (χ0n) is 12.2. The molecule has 0 amide bonds. The standard InChI is InChI=1S/C13H17N5O2S/c1-4-5-18-10(15-16-17-18)7-21-12-11(13(19)20)8(2)6-9(3)14-12/h6H,4-5,7H2,1-3H3,(H,19,20). The largest absolute Gasteiger partial charge is 0.478 e. The summed E-state index contributed by atoms with van der Waals surface area (Å²) in [4.78, 5) is 15.7. The van der Waals surface area contributed by atoms with E-state index in [1.165, 1.54) is 11.8 Å². The number of aryl methyl sites for hydroxylation is 3. The molecule has 0 aliphatic heterocycles. The average Bonchev–Trinajstić information content (AvgIpc) is 2.83. The summed E-state index contributed by atoms with van der Waals surface area (Å²) in [5, 5.41) is 21.4. The van der Waals surface area contributed by atoms with E-state index in [0.29, 0.717) is 16.3 Å². The van der Waals surface area contributed by atoms with Crippen LogP contribution in [0.25, 0.3) is 0 Å². The minimum atomic E-state index is -0.962. The fourth-order valence-electron chi connectivity index (χ4n) is 2.01. The van der Waals surface area contributed by atoms with Crippen LogP contribution in [0.4, 0.5) is 0 Å². The molecule has 0 aliphatic rings. The molecular weight excluding hydrogens is 290 g/mol. The van der Waals surface area contributed by atoms with Crippen LogP contribution in [0.15, 0.2) is 11.1 Å². The van der Waals surface area contributed by atoms with Gasteiger partial charge in [0, 0.05) is 12.2 Å². The summed E-state index contributed by atoms with van der Waals surface area (Å²) in [6.45, 7) is 6.43. The highest BCUT2D eigenvalue weighted by Gasteiger charge is 2.17. The smallest absolute Gasteiger partial charge is 0.338 e. The number of pyridine rings is 1. The summed E-state index contributed by atoms with van der Waals surface area (Å²) in [6.07, 6.45) is 0.935. The summed E-state index contributed by atoms with van der Waals surface area (Å²) in [6, 6.07) is 1.77. The Balaban J connectivity index is 2.23. The average molecular weight is 307 g/mol. The van der Waals surface area contributed by atoms with Crippen LogP contribution in [0.1, 0.15) is 40.8 Å². The van der Waals surface area contributed by atoms with Gasteiger partial charge in [-0.3, -0.25) is 0 Å². The van der Waals surface area contributed by atoms with Crippen molar-refractivity contribution in [1.82, 2.24) is 25.2 Å². The van der Waals surface area contributed by atoms with Gasteiger partial charge in [-0.15, -0.1) is 5.10 Å². The number of carboxylic acid groups (broad SMARTS) is 1. The van der Waals surface area contributed by atoms with Gasteiger partial charge in [0.1, 0.15) is 5.03 Å². The van der Waals surface area contributed by atoms with Crippen molar-refractivity contribution in [3.8, 4) is 0 Å². The van der Waals surface area contributed by atoms with Gasteiger partial charge in [0.15, 0.2) is 5.82 Å². The third-order valence-electron chi connectivity index (χ3n) is 2.90. The lowest BCUT2D eigenvalue weighted by Crippen LogP contribution is -2.07. The Kier molecular flexibility index (Phi) is 4.89. The quantitative estimate of drug-likeness (QED) is 0.816. The van der Waals surface area contributed by atoms with E-state index < -0.39 is 5.97 Å². The van der Waals surface area contributed by atoms with Crippen LogP contribution in [0, 0.1) is 13.8 Å². The van der Waals surface area contributed by atoms with Crippen molar-refractivity contribution < 1.29 is 9.90 Å². The number of aromatic carboxylic acids is 1. The summed E-state index contributed by atoms with van der Waals surface area (Å²) >= 11 is 1.35. The Morgan fingerprint density at radius 1 is 1.43 bits per heavy atom. The maximum atomic E-state index is 11.4. The van der Waals surface area contributed by atoms with E-state index >= 15 is 0 Å². The van der Waals surface area contributed by atoms with E-state index in [4.69, 9.17) is 0 Å². The highest BCUT2D eigenvalue weighted by atomic mass is 32.2. The third kappa shape index (κ3) is 3.57. The van der Waals surface area contributed by atoms with Crippen LogP contribution in [0.3, 0.4) is 0 Å². The topological polar surface area (TPSA) is 93.8 Å². The predicted molar refractivity (Wildman–Crippen MR) is 78.3 cm³/mol. The summed E-state index contributed by atoms with van der Waals surface area (Å²) in [5.41, 5.74) is 1.76. The van der Waals surface area contributed by atoms with Crippen LogP contribution in [-0.4, -0.2) is 36.3 Å². The van der Waals surface area contributed by atoms with Gasteiger partial charge in [-0.1, -0.05) is 18.7 Å². The van der Waals surface area contributed by atoms with Crippen molar-refractivity contribution in [2.45, 2.75) is 44.5 Å². The van der Waals surface area contributed by atoms with E-state index in [9.17, 15) is 9.90 Å².